The van der Waals surface area contributed by atoms with Gasteiger partial charge in [0.25, 0.3) is 0 Å². The molecule has 2 heterocycles. The van der Waals surface area contributed by atoms with Crippen molar-refractivity contribution in [2.24, 2.45) is 0 Å². The van der Waals surface area contributed by atoms with Crippen molar-refractivity contribution in [1.29, 1.82) is 0 Å². The molecule has 27 heavy (non-hydrogen) atoms. The van der Waals surface area contributed by atoms with Crippen molar-refractivity contribution < 1.29 is 4.79 Å². The number of nitrogens with one attached hydrogen (secondary N) is 1. The Balaban J connectivity index is 1.57. The predicted molar refractivity (Wildman–Crippen MR) is 108 cm³/mol. The van der Waals surface area contributed by atoms with Crippen LogP contribution in [0.25, 0.3) is 21.6 Å². The second-order valence-corrected chi connectivity index (χ2v) is 7.07. The Morgan fingerprint density at radius 1 is 1.11 bits per heavy atom. The highest BCUT2D eigenvalue weighted by molar-refractivity contribution is 7.19. The number of nitrogens with zero attached hydrogens (tertiary/aromatic N) is 4. The fourth-order valence-corrected chi connectivity index (χ4v) is 3.51. The molecule has 134 valence electrons. The minimum atomic E-state index is -0.173. The van der Waals surface area contributed by atoms with Crippen LogP contribution in [0.5, 0.6) is 0 Å². The fourth-order valence-electron chi connectivity index (χ4n) is 2.63. The number of carbonyl (C=O) groups is 1. The summed E-state index contributed by atoms with van der Waals surface area (Å²) in [6.45, 7) is 3.83. The fraction of sp³-hybridized carbons (Fsp3) is 0.100. The number of carbonyl (C=O) groups excluding carboxylic acids is 1. The molecular weight excluding hydrogens is 358 g/mol. The Kier molecular flexibility index (Phi) is 4.52. The van der Waals surface area contributed by atoms with Crippen molar-refractivity contribution in [1.82, 2.24) is 19.8 Å². The van der Waals surface area contributed by atoms with E-state index in [1.165, 1.54) is 17.4 Å². The first-order chi connectivity index (χ1) is 13.1. The highest BCUT2D eigenvalue weighted by Gasteiger charge is 2.12. The van der Waals surface area contributed by atoms with Crippen molar-refractivity contribution >= 4 is 34.0 Å². The van der Waals surface area contributed by atoms with Crippen LogP contribution in [0.4, 0.5) is 5.69 Å². The highest BCUT2D eigenvalue weighted by atomic mass is 32.1. The maximum Gasteiger partial charge on any atom is 0.248 e. The summed E-state index contributed by atoms with van der Waals surface area (Å²) >= 11 is 1.46. The molecule has 0 unspecified atom stereocenters. The first kappa shape index (κ1) is 17.1. The lowest BCUT2D eigenvalue weighted by Gasteiger charge is -2.08. The molecule has 0 aliphatic carbocycles. The molecule has 6 nitrogen and oxygen atoms in total. The van der Waals surface area contributed by atoms with E-state index in [2.05, 4.69) is 20.6 Å². The van der Waals surface area contributed by atoms with Crippen LogP contribution < -0.4 is 5.32 Å². The quantitative estimate of drug-likeness (QED) is 0.545. The Morgan fingerprint density at radius 2 is 1.93 bits per heavy atom. The normalized spacial score (nSPS) is 11.3. The third-order valence-electron chi connectivity index (χ3n) is 4.12. The summed E-state index contributed by atoms with van der Waals surface area (Å²) < 4.78 is 1.72. The van der Waals surface area contributed by atoms with Gasteiger partial charge in [-0.15, -0.1) is 10.2 Å². The molecule has 0 radical (unpaired) electrons. The molecule has 0 atom stereocenters. The lowest BCUT2D eigenvalue weighted by molar-refractivity contribution is -0.111. The second-order valence-electron chi connectivity index (χ2n) is 6.11. The van der Waals surface area contributed by atoms with Gasteiger partial charge in [0.15, 0.2) is 5.82 Å². The minimum absolute atomic E-state index is 0.173. The molecule has 0 saturated carbocycles. The summed E-state index contributed by atoms with van der Waals surface area (Å²) in [6, 6.07) is 15.6. The van der Waals surface area contributed by atoms with E-state index in [4.69, 9.17) is 0 Å². The van der Waals surface area contributed by atoms with E-state index < -0.39 is 0 Å². The Bertz CT molecular complexity index is 1140. The van der Waals surface area contributed by atoms with Gasteiger partial charge in [-0.1, -0.05) is 53.8 Å². The van der Waals surface area contributed by atoms with Crippen LogP contribution in [0.3, 0.4) is 0 Å². The number of hydrogen-bond donors (Lipinski definition) is 1. The molecule has 0 aliphatic heterocycles. The number of aromatic nitrogens is 4. The van der Waals surface area contributed by atoms with E-state index in [-0.39, 0.29) is 5.91 Å². The molecular formula is C20H17N5OS. The number of aryl methyl sites for hydroxylation is 2. The molecule has 2 aromatic carbocycles. The zero-order valence-electron chi connectivity index (χ0n) is 14.9. The van der Waals surface area contributed by atoms with Crippen LogP contribution in [-0.4, -0.2) is 25.7 Å². The summed E-state index contributed by atoms with van der Waals surface area (Å²) in [6.07, 6.45) is 3.33. The maximum absolute atomic E-state index is 12.3. The van der Waals surface area contributed by atoms with E-state index in [0.29, 0.717) is 0 Å². The molecule has 7 heteroatoms. The molecule has 1 N–H and O–H groups in total. The number of hydrogen-bond acceptors (Lipinski definition) is 5. The number of rotatable bonds is 4. The van der Waals surface area contributed by atoms with Gasteiger partial charge in [0.2, 0.25) is 10.9 Å². The van der Waals surface area contributed by atoms with Gasteiger partial charge in [-0.3, -0.25) is 4.79 Å². The van der Waals surface area contributed by atoms with Gasteiger partial charge < -0.3 is 5.32 Å². The minimum Gasteiger partial charge on any atom is -0.322 e. The number of anilines is 1. The van der Waals surface area contributed by atoms with Crippen LogP contribution in [0.2, 0.25) is 0 Å². The van der Waals surface area contributed by atoms with Crippen LogP contribution in [0.15, 0.2) is 54.6 Å². The van der Waals surface area contributed by atoms with Crippen molar-refractivity contribution in [3.8, 4) is 10.6 Å². The van der Waals surface area contributed by atoms with Crippen molar-refractivity contribution in [2.75, 3.05) is 5.32 Å². The average Bonchev–Trinajstić information content (AvgIpc) is 3.25. The first-order valence-corrected chi connectivity index (χ1v) is 9.26. The van der Waals surface area contributed by atoms with Crippen LogP contribution in [0, 0.1) is 13.8 Å². The smallest absolute Gasteiger partial charge is 0.248 e. The summed E-state index contributed by atoms with van der Waals surface area (Å²) in [5, 5.41) is 16.4. The predicted octanol–water partition coefficient (Wildman–Crippen LogP) is 4.12. The number of amides is 1. The lowest BCUT2D eigenvalue weighted by Crippen LogP contribution is -2.09. The van der Waals surface area contributed by atoms with E-state index in [9.17, 15) is 4.79 Å². The third kappa shape index (κ3) is 3.63. The van der Waals surface area contributed by atoms with Gasteiger partial charge in [-0.2, -0.15) is 9.61 Å². The van der Waals surface area contributed by atoms with Gasteiger partial charge in [-0.25, -0.2) is 0 Å². The van der Waals surface area contributed by atoms with Gasteiger partial charge in [0.05, 0.1) is 0 Å². The zero-order valence-corrected chi connectivity index (χ0v) is 15.7. The molecule has 1 amide bonds. The maximum atomic E-state index is 12.3. The Hall–Kier alpha value is -3.32. The van der Waals surface area contributed by atoms with Crippen LogP contribution in [0.1, 0.15) is 17.0 Å². The summed E-state index contributed by atoms with van der Waals surface area (Å²) in [4.78, 5) is 13.0. The van der Waals surface area contributed by atoms with E-state index in [1.807, 2.05) is 62.4 Å². The highest BCUT2D eigenvalue weighted by Crippen LogP contribution is 2.29. The standard InChI is InChI=1S/C20H17N5OS/c1-13-8-10-16(19-24-25-14(2)22-23-20(25)27-19)12-17(13)21-18(26)11-9-15-6-4-3-5-7-15/h3-12H,1-2H3,(H,21,26)/b11-9+. The van der Waals surface area contributed by atoms with E-state index in [1.54, 1.807) is 10.6 Å². The Labute approximate surface area is 160 Å². The van der Waals surface area contributed by atoms with E-state index in [0.717, 1.165) is 38.2 Å². The molecule has 4 rings (SSSR count). The average molecular weight is 375 g/mol. The molecule has 0 aliphatic rings. The van der Waals surface area contributed by atoms with Gasteiger partial charge in [0.1, 0.15) is 5.01 Å². The first-order valence-electron chi connectivity index (χ1n) is 8.44. The SMILES string of the molecule is Cc1ccc(-c2nn3c(C)nnc3s2)cc1NC(=O)/C=C/c1ccccc1. The molecule has 0 fully saturated rings. The Morgan fingerprint density at radius 3 is 2.70 bits per heavy atom. The van der Waals surface area contributed by atoms with Crippen molar-refractivity contribution in [3.63, 3.8) is 0 Å². The lowest BCUT2D eigenvalue weighted by atomic mass is 10.1. The summed E-state index contributed by atoms with van der Waals surface area (Å²) in [5.74, 6) is 0.576. The zero-order chi connectivity index (χ0) is 18.8. The topological polar surface area (TPSA) is 72.2 Å². The number of fused-ring (bicyclic) bond motifs is 1. The number of benzene rings is 2. The molecule has 2 aromatic heterocycles. The third-order valence-corrected chi connectivity index (χ3v) is 5.06. The van der Waals surface area contributed by atoms with Crippen LogP contribution >= 0.6 is 11.3 Å². The molecule has 0 bridgehead atoms. The van der Waals surface area contributed by atoms with Gasteiger partial charge >= 0.3 is 0 Å². The van der Waals surface area contributed by atoms with Gasteiger partial charge in [-0.05, 0) is 37.1 Å². The second kappa shape index (κ2) is 7.13. The summed E-state index contributed by atoms with van der Waals surface area (Å²) in [7, 11) is 0. The monoisotopic (exact) mass is 375 g/mol. The largest absolute Gasteiger partial charge is 0.322 e. The van der Waals surface area contributed by atoms with E-state index >= 15 is 0 Å². The van der Waals surface area contributed by atoms with Crippen LogP contribution in [-0.2, 0) is 4.79 Å². The molecule has 4 aromatic rings. The van der Waals surface area contributed by atoms with Crippen molar-refractivity contribution in [2.45, 2.75) is 13.8 Å². The molecule has 0 saturated heterocycles. The summed E-state index contributed by atoms with van der Waals surface area (Å²) in [5.41, 5.74) is 3.66. The van der Waals surface area contributed by atoms with Crippen molar-refractivity contribution in [3.05, 3.63) is 71.6 Å². The molecule has 0 spiro atoms. The van der Waals surface area contributed by atoms with Gasteiger partial charge in [0, 0.05) is 17.3 Å².